The van der Waals surface area contributed by atoms with Gasteiger partial charge >= 0.3 is 90.3 Å². The number of benzene rings is 1. The van der Waals surface area contributed by atoms with E-state index in [2.05, 4.69) is 4.98 Å². The number of aromatic nitrogens is 1. The summed E-state index contributed by atoms with van der Waals surface area (Å²) in [7, 11) is 0. The molecular formula is C9H9BiFNO3. The smallest absolute Gasteiger partial charge is 0.412 e. The third-order valence-electron chi connectivity index (χ3n) is 1.78. The van der Waals surface area contributed by atoms with E-state index in [4.69, 9.17) is 2.81 Å². The maximum atomic E-state index is 13.2. The Hall–Kier alpha value is -0.837. The number of hydrogen-bond donors (Lipinski definition) is 0. The van der Waals surface area contributed by atoms with Gasteiger partial charge in [0.05, 0.1) is 0 Å². The van der Waals surface area contributed by atoms with Gasteiger partial charge in [-0.25, -0.2) is 0 Å². The average molecular weight is 407 g/mol. The van der Waals surface area contributed by atoms with Crippen molar-refractivity contribution in [3.63, 3.8) is 0 Å². The molecule has 1 heterocycles. The van der Waals surface area contributed by atoms with Crippen LogP contribution < -0.4 is 2.81 Å². The van der Waals surface area contributed by atoms with Crippen LogP contribution in [0.5, 0.6) is 5.75 Å². The molecule has 0 unspecified atom stereocenters. The summed E-state index contributed by atoms with van der Waals surface area (Å²) in [6.45, 7) is 0. The summed E-state index contributed by atoms with van der Waals surface area (Å²) < 4.78 is 18.4. The molecule has 1 aromatic carbocycles. The van der Waals surface area contributed by atoms with Crippen molar-refractivity contribution in [2.75, 3.05) is 0 Å². The maximum Gasteiger partial charge on any atom is -0.412 e. The van der Waals surface area contributed by atoms with Crippen molar-refractivity contribution in [3.05, 3.63) is 36.3 Å². The second kappa shape index (κ2) is 5.90. The van der Waals surface area contributed by atoms with Crippen molar-refractivity contribution in [1.82, 2.24) is 4.98 Å². The summed E-state index contributed by atoms with van der Waals surface area (Å²) in [4.78, 5) is 4.07. The molecule has 4 N–H and O–H groups in total. The molecule has 2 aromatic rings. The Bertz CT molecular complexity index is 452. The van der Waals surface area contributed by atoms with E-state index in [0.29, 0.717) is 16.7 Å². The fraction of sp³-hybridized carbons (Fsp3) is 0. The predicted octanol–water partition coefficient (Wildman–Crippen LogP) is 0.187. The van der Waals surface area contributed by atoms with Crippen LogP contribution >= 0.6 is 0 Å². The van der Waals surface area contributed by atoms with Gasteiger partial charge < -0.3 is 11.0 Å². The van der Waals surface area contributed by atoms with Gasteiger partial charge in [-0.1, -0.05) is 0 Å². The molecule has 0 bridgehead atoms. The minimum atomic E-state index is -0.262. The van der Waals surface area contributed by atoms with Crippen LogP contribution in [-0.2, 0) is 0 Å². The van der Waals surface area contributed by atoms with Crippen LogP contribution in [0, 0.1) is 5.82 Å². The summed E-state index contributed by atoms with van der Waals surface area (Å²) in [6.07, 6.45) is 1.63. The minimum absolute atomic E-state index is 0. The second-order valence-electron chi connectivity index (χ2n) is 2.54. The van der Waals surface area contributed by atoms with Crippen LogP contribution in [0.3, 0.4) is 0 Å². The molecule has 15 heavy (non-hydrogen) atoms. The molecule has 1 aromatic heterocycles. The van der Waals surface area contributed by atoms with Crippen LogP contribution in [0.25, 0.3) is 10.9 Å². The average Bonchev–Trinajstić information content (AvgIpc) is 2.19. The fourth-order valence-corrected chi connectivity index (χ4v) is 1.76. The molecule has 0 saturated heterocycles. The normalized spacial score (nSPS) is 8.93. The Morgan fingerprint density at radius 1 is 1.20 bits per heavy atom. The molecule has 0 aliphatic rings. The topological polar surface area (TPSA) is 85.1 Å². The van der Waals surface area contributed by atoms with E-state index >= 15 is 0 Å². The minimum Gasteiger partial charge on any atom is -0.412 e. The summed E-state index contributed by atoms with van der Waals surface area (Å²) in [5.41, 5.74) is 0.588. The van der Waals surface area contributed by atoms with Crippen LogP contribution in [0.4, 0.5) is 4.39 Å². The molecule has 2 radical (unpaired) electrons. The van der Waals surface area contributed by atoms with Gasteiger partial charge in [0.2, 0.25) is 0 Å². The van der Waals surface area contributed by atoms with E-state index in [1.54, 1.807) is 24.4 Å². The molecule has 2 rings (SSSR count). The van der Waals surface area contributed by atoms with E-state index in [1.807, 2.05) is 0 Å². The van der Waals surface area contributed by atoms with Crippen LogP contribution in [-0.4, -0.2) is 41.1 Å². The van der Waals surface area contributed by atoms with Crippen molar-refractivity contribution in [2.45, 2.75) is 0 Å². The van der Waals surface area contributed by atoms with Gasteiger partial charge in [0, 0.05) is 0 Å². The van der Waals surface area contributed by atoms with Crippen LogP contribution in [0.1, 0.15) is 0 Å². The molecule has 0 aliphatic carbocycles. The molecule has 0 amide bonds. The van der Waals surface area contributed by atoms with Crippen molar-refractivity contribution in [1.29, 1.82) is 0 Å². The van der Waals surface area contributed by atoms with Gasteiger partial charge in [0.1, 0.15) is 0 Å². The van der Waals surface area contributed by atoms with Crippen molar-refractivity contribution < 1.29 is 18.2 Å². The fourth-order valence-electron chi connectivity index (χ4n) is 1.19. The zero-order chi connectivity index (χ0) is 9.26. The Morgan fingerprint density at radius 3 is 2.60 bits per heavy atom. The van der Waals surface area contributed by atoms with Gasteiger partial charge in [-0.15, -0.1) is 0 Å². The van der Waals surface area contributed by atoms with Gasteiger partial charge in [0.25, 0.3) is 0 Å². The zero-order valence-corrected chi connectivity index (χ0v) is 11.0. The number of pyridine rings is 1. The van der Waals surface area contributed by atoms with Crippen LogP contribution in [0.2, 0.25) is 0 Å². The molecule has 0 fully saturated rings. The Morgan fingerprint density at radius 2 is 1.93 bits per heavy atom. The Labute approximate surface area is 101 Å². The molecule has 0 spiro atoms. The number of halogens is 1. The molecule has 80 valence electrons. The van der Waals surface area contributed by atoms with E-state index in [0.717, 1.165) is 25.2 Å². The largest absolute Gasteiger partial charge is 0.412 e. The Balaban J connectivity index is 0.000000980. The van der Waals surface area contributed by atoms with Gasteiger partial charge in [-0.2, -0.15) is 0 Å². The molecule has 4 nitrogen and oxygen atoms in total. The second-order valence-corrected chi connectivity index (χ2v) is 3.25. The van der Waals surface area contributed by atoms with Gasteiger partial charge in [0.15, 0.2) is 0 Å². The van der Waals surface area contributed by atoms with Crippen molar-refractivity contribution >= 4 is 36.1 Å². The van der Waals surface area contributed by atoms with Gasteiger partial charge in [-0.3, -0.25) is 0 Å². The van der Waals surface area contributed by atoms with E-state index in [1.165, 1.54) is 6.07 Å². The summed E-state index contributed by atoms with van der Waals surface area (Å²) in [6, 6.07) is 6.40. The maximum absolute atomic E-state index is 13.2. The van der Waals surface area contributed by atoms with Crippen molar-refractivity contribution in [3.8, 4) is 5.75 Å². The number of hydrogen-bond acceptors (Lipinski definition) is 2. The van der Waals surface area contributed by atoms with E-state index in [-0.39, 0.29) is 16.8 Å². The SMILES string of the molecule is Fc1ccc([O][Bi])c2ncccc12.O.O. The van der Waals surface area contributed by atoms with Gasteiger partial charge in [-0.05, 0) is 0 Å². The number of rotatable bonds is 1. The first-order valence-electron chi connectivity index (χ1n) is 3.67. The van der Waals surface area contributed by atoms with Crippen LogP contribution in [0.15, 0.2) is 30.5 Å². The quantitative estimate of drug-likeness (QED) is 0.633. The first-order chi connectivity index (χ1) is 6.33. The third-order valence-corrected chi connectivity index (χ3v) is 2.54. The first kappa shape index (κ1) is 14.2. The molecule has 6 heteroatoms. The molecule has 0 atom stereocenters. The van der Waals surface area contributed by atoms with E-state index < -0.39 is 0 Å². The van der Waals surface area contributed by atoms with Crippen molar-refractivity contribution in [2.24, 2.45) is 0 Å². The number of nitrogens with zero attached hydrogens (tertiary/aromatic N) is 1. The third kappa shape index (κ3) is 2.59. The Kier molecular flexibility index (Phi) is 5.57. The summed E-state index contributed by atoms with van der Waals surface area (Å²) in [5, 5.41) is 0.506. The monoisotopic (exact) mass is 407 g/mol. The molecule has 0 aliphatic heterocycles. The standard InChI is InChI=1S/C9H6FNO.Bi.2H2O/c10-7-3-4-8(12)9-6(7)2-1-5-11-9;;;/h1-5,12H;;2*1H2/q;+1;;/p-1. The molecular weight excluding hydrogens is 398 g/mol. The first-order valence-corrected chi connectivity index (χ1v) is 5.09. The molecule has 0 saturated carbocycles. The summed E-state index contributed by atoms with van der Waals surface area (Å²) >= 11 is 0.774. The summed E-state index contributed by atoms with van der Waals surface area (Å²) in [5.74, 6) is 0.382. The number of fused-ring (bicyclic) bond motifs is 1. The zero-order valence-electron chi connectivity index (χ0n) is 7.57. The van der Waals surface area contributed by atoms with E-state index in [9.17, 15) is 4.39 Å². The predicted molar refractivity (Wildman–Crippen MR) is 55.3 cm³/mol.